The van der Waals surface area contributed by atoms with E-state index in [-0.39, 0.29) is 5.92 Å². The molecule has 0 aliphatic heterocycles. The van der Waals surface area contributed by atoms with E-state index in [1.54, 1.807) is 6.92 Å². The molecule has 1 aliphatic rings. The van der Waals surface area contributed by atoms with Gasteiger partial charge in [-0.05, 0) is 32.1 Å². The van der Waals surface area contributed by atoms with Crippen molar-refractivity contribution in [3.63, 3.8) is 0 Å². The fourth-order valence-electron chi connectivity index (χ4n) is 1.63. The molecular formula is C8H12FNO. The summed E-state index contributed by atoms with van der Waals surface area (Å²) in [6.07, 6.45) is 3.46. The van der Waals surface area contributed by atoms with Crippen LogP contribution in [0.3, 0.4) is 0 Å². The van der Waals surface area contributed by atoms with Gasteiger partial charge in [0.05, 0.1) is 6.54 Å². The zero-order valence-corrected chi connectivity index (χ0v) is 6.64. The van der Waals surface area contributed by atoms with Crippen molar-refractivity contribution >= 4 is 6.08 Å². The summed E-state index contributed by atoms with van der Waals surface area (Å²) in [5.41, 5.74) is -1.02. The van der Waals surface area contributed by atoms with Crippen LogP contribution in [0.2, 0.25) is 0 Å². The molecule has 0 bridgehead atoms. The molecule has 0 amide bonds. The van der Waals surface area contributed by atoms with Gasteiger partial charge in [-0.1, -0.05) is 0 Å². The minimum absolute atomic E-state index is 0.256. The summed E-state index contributed by atoms with van der Waals surface area (Å²) >= 11 is 0. The number of isocyanates is 1. The van der Waals surface area contributed by atoms with Crippen LogP contribution in [0.25, 0.3) is 0 Å². The maximum Gasteiger partial charge on any atom is 0.234 e. The summed E-state index contributed by atoms with van der Waals surface area (Å²) in [7, 11) is 0. The van der Waals surface area contributed by atoms with E-state index >= 15 is 0 Å². The Morgan fingerprint density at radius 2 is 2.55 bits per heavy atom. The standard InChI is InChI=1S/C8H12FNO/c1-8(9)3-2-7(4-8)5-10-6-11/h7H,2-5H2,1H3. The van der Waals surface area contributed by atoms with Crippen molar-refractivity contribution in [2.45, 2.75) is 31.9 Å². The molecule has 11 heavy (non-hydrogen) atoms. The molecule has 2 atom stereocenters. The van der Waals surface area contributed by atoms with E-state index in [9.17, 15) is 9.18 Å². The predicted octanol–water partition coefficient (Wildman–Crippen LogP) is 1.85. The minimum Gasteiger partial charge on any atom is -0.244 e. The number of hydrogen-bond donors (Lipinski definition) is 0. The van der Waals surface area contributed by atoms with Crippen molar-refractivity contribution in [2.75, 3.05) is 6.54 Å². The van der Waals surface area contributed by atoms with Gasteiger partial charge >= 0.3 is 0 Å². The van der Waals surface area contributed by atoms with E-state index in [2.05, 4.69) is 4.99 Å². The number of hydrogen-bond acceptors (Lipinski definition) is 2. The molecule has 1 fully saturated rings. The number of aliphatic imine (C=N–C) groups is 1. The fourth-order valence-corrected chi connectivity index (χ4v) is 1.63. The van der Waals surface area contributed by atoms with Crippen molar-refractivity contribution in [3.05, 3.63) is 0 Å². The molecule has 0 spiro atoms. The summed E-state index contributed by atoms with van der Waals surface area (Å²) < 4.78 is 13.1. The van der Waals surface area contributed by atoms with Crippen LogP contribution in [0.4, 0.5) is 4.39 Å². The van der Waals surface area contributed by atoms with Gasteiger partial charge in [-0.15, -0.1) is 0 Å². The second-order valence-corrected chi connectivity index (χ2v) is 3.45. The van der Waals surface area contributed by atoms with E-state index in [0.717, 1.165) is 6.42 Å². The Labute approximate surface area is 65.5 Å². The van der Waals surface area contributed by atoms with Crippen molar-refractivity contribution in [1.82, 2.24) is 0 Å². The van der Waals surface area contributed by atoms with E-state index in [0.29, 0.717) is 19.4 Å². The molecule has 0 aromatic heterocycles. The molecule has 0 radical (unpaired) electrons. The zero-order valence-electron chi connectivity index (χ0n) is 6.64. The van der Waals surface area contributed by atoms with Crippen molar-refractivity contribution in [3.8, 4) is 0 Å². The molecular weight excluding hydrogens is 145 g/mol. The highest BCUT2D eigenvalue weighted by molar-refractivity contribution is 5.32. The van der Waals surface area contributed by atoms with E-state index in [1.807, 2.05) is 0 Å². The zero-order chi connectivity index (χ0) is 8.32. The summed E-state index contributed by atoms with van der Waals surface area (Å²) in [6.45, 7) is 2.06. The van der Waals surface area contributed by atoms with Crippen LogP contribution in [0, 0.1) is 5.92 Å². The molecule has 2 nitrogen and oxygen atoms in total. The first-order valence-corrected chi connectivity index (χ1v) is 3.86. The van der Waals surface area contributed by atoms with Gasteiger partial charge in [0.2, 0.25) is 6.08 Å². The van der Waals surface area contributed by atoms with Crippen LogP contribution >= 0.6 is 0 Å². The predicted molar refractivity (Wildman–Crippen MR) is 39.8 cm³/mol. The van der Waals surface area contributed by atoms with Gasteiger partial charge in [0, 0.05) is 0 Å². The monoisotopic (exact) mass is 157 g/mol. The Morgan fingerprint density at radius 3 is 3.00 bits per heavy atom. The maximum atomic E-state index is 13.1. The number of rotatable bonds is 2. The quantitative estimate of drug-likeness (QED) is 0.444. The van der Waals surface area contributed by atoms with E-state index in [4.69, 9.17) is 0 Å². The first kappa shape index (κ1) is 8.41. The fraction of sp³-hybridized carbons (Fsp3) is 0.875. The van der Waals surface area contributed by atoms with Gasteiger partial charge in [-0.3, -0.25) is 0 Å². The van der Waals surface area contributed by atoms with E-state index in [1.165, 1.54) is 6.08 Å². The highest BCUT2D eigenvalue weighted by Gasteiger charge is 2.34. The lowest BCUT2D eigenvalue weighted by molar-refractivity contribution is 0.193. The third kappa shape index (κ3) is 2.43. The normalized spacial score (nSPS) is 36.7. The van der Waals surface area contributed by atoms with Gasteiger partial charge in [-0.2, -0.15) is 0 Å². The second-order valence-electron chi connectivity index (χ2n) is 3.45. The number of nitrogens with zero attached hydrogens (tertiary/aromatic N) is 1. The summed E-state index contributed by atoms with van der Waals surface area (Å²) in [5, 5.41) is 0. The molecule has 0 aromatic carbocycles. The molecule has 1 rings (SSSR count). The minimum atomic E-state index is -1.02. The van der Waals surface area contributed by atoms with Crippen LogP contribution in [0.1, 0.15) is 26.2 Å². The highest BCUT2D eigenvalue weighted by atomic mass is 19.1. The van der Waals surface area contributed by atoms with Crippen LogP contribution in [-0.2, 0) is 4.79 Å². The lowest BCUT2D eigenvalue weighted by Crippen LogP contribution is -2.12. The molecule has 0 N–H and O–H groups in total. The van der Waals surface area contributed by atoms with Crippen LogP contribution in [-0.4, -0.2) is 18.3 Å². The number of alkyl halides is 1. The molecule has 62 valence electrons. The van der Waals surface area contributed by atoms with Crippen LogP contribution in [0.5, 0.6) is 0 Å². The topological polar surface area (TPSA) is 29.4 Å². The maximum absolute atomic E-state index is 13.1. The average molecular weight is 157 g/mol. The third-order valence-electron chi connectivity index (χ3n) is 2.20. The second kappa shape index (κ2) is 3.14. The summed E-state index contributed by atoms with van der Waals surface area (Å²) in [5.74, 6) is 0.256. The molecule has 1 saturated carbocycles. The molecule has 0 heterocycles. The molecule has 2 unspecified atom stereocenters. The van der Waals surface area contributed by atoms with Crippen molar-refractivity contribution < 1.29 is 9.18 Å². The van der Waals surface area contributed by atoms with Gasteiger partial charge in [0.1, 0.15) is 5.67 Å². The van der Waals surface area contributed by atoms with Crippen molar-refractivity contribution in [2.24, 2.45) is 10.9 Å². The van der Waals surface area contributed by atoms with Gasteiger partial charge in [-0.25, -0.2) is 14.2 Å². The van der Waals surface area contributed by atoms with Crippen LogP contribution < -0.4 is 0 Å². The Kier molecular flexibility index (Phi) is 2.40. The highest BCUT2D eigenvalue weighted by Crippen LogP contribution is 2.37. The molecule has 1 aliphatic carbocycles. The lowest BCUT2D eigenvalue weighted by atomic mass is 10.0. The number of carbonyl (C=O) groups excluding carboxylic acids is 1. The molecule has 0 saturated heterocycles. The molecule has 0 aromatic rings. The smallest absolute Gasteiger partial charge is 0.234 e. The van der Waals surface area contributed by atoms with Crippen molar-refractivity contribution in [1.29, 1.82) is 0 Å². The Balaban J connectivity index is 2.36. The van der Waals surface area contributed by atoms with Gasteiger partial charge in [0.25, 0.3) is 0 Å². The van der Waals surface area contributed by atoms with Crippen LogP contribution in [0.15, 0.2) is 4.99 Å². The third-order valence-corrected chi connectivity index (χ3v) is 2.20. The first-order chi connectivity index (χ1) is 5.14. The first-order valence-electron chi connectivity index (χ1n) is 3.86. The Morgan fingerprint density at radius 1 is 1.82 bits per heavy atom. The Bertz CT molecular complexity index is 185. The lowest BCUT2D eigenvalue weighted by Gasteiger charge is -2.10. The summed E-state index contributed by atoms with van der Waals surface area (Å²) in [4.78, 5) is 13.2. The summed E-state index contributed by atoms with van der Waals surface area (Å²) in [6, 6.07) is 0. The number of halogens is 1. The van der Waals surface area contributed by atoms with Gasteiger partial charge in [0.15, 0.2) is 0 Å². The van der Waals surface area contributed by atoms with E-state index < -0.39 is 5.67 Å². The largest absolute Gasteiger partial charge is 0.244 e. The Hall–Kier alpha value is -0.690. The van der Waals surface area contributed by atoms with Gasteiger partial charge < -0.3 is 0 Å². The molecule has 3 heteroatoms. The average Bonchev–Trinajstić information content (AvgIpc) is 2.26. The SMILES string of the molecule is CC1(F)CCC(CN=C=O)C1.